The van der Waals surface area contributed by atoms with Crippen LogP contribution in [0.4, 0.5) is 0 Å². The van der Waals surface area contributed by atoms with Crippen LogP contribution in [0.15, 0.2) is 35.0 Å². The van der Waals surface area contributed by atoms with Crippen molar-refractivity contribution in [3.05, 3.63) is 36.3 Å². The quantitative estimate of drug-likeness (QED) is 0.785. The summed E-state index contributed by atoms with van der Waals surface area (Å²) in [5, 5.41) is 8.52. The molecular weight excluding hydrogens is 234 g/mol. The largest absolute Gasteiger partial charge is 0.478 e. The summed E-state index contributed by atoms with van der Waals surface area (Å²) in [7, 11) is 0. The SMILES string of the molecule is CCC(C)N(Cc1ccco1)C(=O)/C=C/C(=O)O. The lowest BCUT2D eigenvalue weighted by molar-refractivity contribution is -0.133. The molecule has 0 aliphatic heterocycles. The van der Waals surface area contributed by atoms with Gasteiger partial charge in [0.15, 0.2) is 0 Å². The van der Waals surface area contributed by atoms with Crippen molar-refractivity contribution in [1.82, 2.24) is 4.90 Å². The van der Waals surface area contributed by atoms with E-state index >= 15 is 0 Å². The molecule has 5 heteroatoms. The number of aliphatic carboxylic acids is 1. The normalized spacial score (nSPS) is 12.6. The van der Waals surface area contributed by atoms with E-state index < -0.39 is 5.97 Å². The minimum atomic E-state index is -1.13. The number of rotatable bonds is 6. The summed E-state index contributed by atoms with van der Waals surface area (Å²) >= 11 is 0. The molecule has 0 aliphatic rings. The fraction of sp³-hybridized carbons (Fsp3) is 0.385. The third-order valence-electron chi connectivity index (χ3n) is 2.68. The molecule has 1 aromatic heterocycles. The monoisotopic (exact) mass is 251 g/mol. The number of furan rings is 1. The Labute approximate surface area is 106 Å². The van der Waals surface area contributed by atoms with Crippen LogP contribution in [-0.4, -0.2) is 27.9 Å². The number of amides is 1. The van der Waals surface area contributed by atoms with Crippen LogP contribution in [0.3, 0.4) is 0 Å². The lowest BCUT2D eigenvalue weighted by atomic mass is 10.2. The van der Waals surface area contributed by atoms with Crippen LogP contribution in [0, 0.1) is 0 Å². The van der Waals surface area contributed by atoms with Crippen LogP contribution in [-0.2, 0) is 16.1 Å². The molecule has 0 bridgehead atoms. The van der Waals surface area contributed by atoms with Gasteiger partial charge in [-0.2, -0.15) is 0 Å². The Morgan fingerprint density at radius 3 is 2.72 bits per heavy atom. The Bertz CT molecular complexity index is 422. The van der Waals surface area contributed by atoms with Gasteiger partial charge in [0.05, 0.1) is 12.8 Å². The Morgan fingerprint density at radius 2 is 2.22 bits per heavy atom. The summed E-state index contributed by atoms with van der Waals surface area (Å²) in [6.07, 6.45) is 4.24. The van der Waals surface area contributed by atoms with Gasteiger partial charge in [-0.15, -0.1) is 0 Å². The zero-order chi connectivity index (χ0) is 13.5. The molecule has 0 aromatic carbocycles. The second kappa shape index (κ2) is 6.64. The molecule has 0 saturated carbocycles. The molecular formula is C13H17NO4. The first kappa shape index (κ1) is 14.0. The summed E-state index contributed by atoms with van der Waals surface area (Å²) in [4.78, 5) is 23.9. The van der Waals surface area contributed by atoms with E-state index in [1.165, 1.54) is 0 Å². The maximum atomic E-state index is 11.9. The molecule has 0 radical (unpaired) electrons. The van der Waals surface area contributed by atoms with Gasteiger partial charge in [0, 0.05) is 18.2 Å². The summed E-state index contributed by atoms with van der Waals surface area (Å²) < 4.78 is 5.20. The van der Waals surface area contributed by atoms with E-state index in [1.54, 1.807) is 23.3 Å². The Morgan fingerprint density at radius 1 is 1.50 bits per heavy atom. The second-order valence-corrected chi connectivity index (χ2v) is 3.97. The highest BCUT2D eigenvalue weighted by Gasteiger charge is 2.18. The number of carbonyl (C=O) groups excluding carboxylic acids is 1. The number of carboxylic acid groups (broad SMARTS) is 1. The standard InChI is InChI=1S/C13H17NO4/c1-3-10(2)14(9-11-5-4-8-18-11)12(15)6-7-13(16)17/h4-8,10H,3,9H2,1-2H3,(H,16,17)/b7-6+. The van der Waals surface area contributed by atoms with Crippen LogP contribution in [0.5, 0.6) is 0 Å². The maximum absolute atomic E-state index is 11.9. The lowest BCUT2D eigenvalue weighted by Crippen LogP contribution is -2.36. The van der Waals surface area contributed by atoms with Crippen LogP contribution < -0.4 is 0 Å². The molecule has 0 saturated heterocycles. The first-order chi connectivity index (χ1) is 8.54. The van der Waals surface area contributed by atoms with Crippen LogP contribution in [0.25, 0.3) is 0 Å². The summed E-state index contributed by atoms with van der Waals surface area (Å²) in [5.74, 6) is -0.791. The van der Waals surface area contributed by atoms with Gasteiger partial charge < -0.3 is 14.4 Å². The molecule has 0 fully saturated rings. The summed E-state index contributed by atoms with van der Waals surface area (Å²) in [6, 6.07) is 3.55. The van der Waals surface area contributed by atoms with E-state index in [1.807, 2.05) is 13.8 Å². The molecule has 1 atom stereocenters. The smallest absolute Gasteiger partial charge is 0.328 e. The first-order valence-corrected chi connectivity index (χ1v) is 5.78. The number of carbonyl (C=O) groups is 2. The highest BCUT2D eigenvalue weighted by molar-refractivity contribution is 5.94. The third-order valence-corrected chi connectivity index (χ3v) is 2.68. The zero-order valence-corrected chi connectivity index (χ0v) is 10.5. The topological polar surface area (TPSA) is 70.8 Å². The average Bonchev–Trinajstić information content (AvgIpc) is 2.85. The van der Waals surface area contributed by atoms with Crippen LogP contribution in [0.2, 0.25) is 0 Å². The van der Waals surface area contributed by atoms with Gasteiger partial charge in [0.1, 0.15) is 5.76 Å². The number of carboxylic acids is 1. The van der Waals surface area contributed by atoms with E-state index in [0.29, 0.717) is 12.3 Å². The van der Waals surface area contributed by atoms with E-state index in [-0.39, 0.29) is 11.9 Å². The zero-order valence-electron chi connectivity index (χ0n) is 10.5. The maximum Gasteiger partial charge on any atom is 0.328 e. The average molecular weight is 251 g/mol. The van der Waals surface area contributed by atoms with Gasteiger partial charge in [-0.05, 0) is 25.5 Å². The van der Waals surface area contributed by atoms with Gasteiger partial charge in [-0.25, -0.2) is 4.79 Å². The molecule has 0 spiro atoms. The minimum absolute atomic E-state index is 0.0149. The van der Waals surface area contributed by atoms with E-state index in [9.17, 15) is 9.59 Å². The van der Waals surface area contributed by atoms with Crippen molar-refractivity contribution in [2.75, 3.05) is 0 Å². The number of nitrogens with zero attached hydrogens (tertiary/aromatic N) is 1. The molecule has 1 amide bonds. The Kier molecular flexibility index (Phi) is 5.17. The predicted molar refractivity (Wildman–Crippen MR) is 65.8 cm³/mol. The summed E-state index contributed by atoms with van der Waals surface area (Å²) in [5.41, 5.74) is 0. The fourth-order valence-electron chi connectivity index (χ4n) is 1.48. The molecule has 0 aliphatic carbocycles. The number of hydrogen-bond acceptors (Lipinski definition) is 3. The Balaban J connectivity index is 2.78. The molecule has 98 valence electrons. The van der Waals surface area contributed by atoms with Gasteiger partial charge in [0.25, 0.3) is 0 Å². The molecule has 5 nitrogen and oxygen atoms in total. The van der Waals surface area contributed by atoms with Crippen molar-refractivity contribution in [2.45, 2.75) is 32.9 Å². The predicted octanol–water partition coefficient (Wildman–Crippen LogP) is 2.05. The van der Waals surface area contributed by atoms with E-state index in [4.69, 9.17) is 9.52 Å². The van der Waals surface area contributed by atoms with Crippen molar-refractivity contribution in [3.8, 4) is 0 Å². The van der Waals surface area contributed by atoms with Gasteiger partial charge >= 0.3 is 5.97 Å². The van der Waals surface area contributed by atoms with Gasteiger partial charge in [0.2, 0.25) is 5.91 Å². The van der Waals surface area contributed by atoms with Crippen molar-refractivity contribution in [3.63, 3.8) is 0 Å². The van der Waals surface area contributed by atoms with Crippen LogP contribution in [0.1, 0.15) is 26.0 Å². The molecule has 1 heterocycles. The second-order valence-electron chi connectivity index (χ2n) is 3.97. The van der Waals surface area contributed by atoms with E-state index in [2.05, 4.69) is 0 Å². The summed E-state index contributed by atoms with van der Waals surface area (Å²) in [6.45, 7) is 4.22. The molecule has 1 N–H and O–H groups in total. The van der Waals surface area contributed by atoms with Crippen LogP contribution >= 0.6 is 0 Å². The van der Waals surface area contributed by atoms with Crippen molar-refractivity contribution >= 4 is 11.9 Å². The van der Waals surface area contributed by atoms with Gasteiger partial charge in [-0.3, -0.25) is 4.79 Å². The fourth-order valence-corrected chi connectivity index (χ4v) is 1.48. The van der Waals surface area contributed by atoms with Gasteiger partial charge in [-0.1, -0.05) is 6.92 Å². The lowest BCUT2D eigenvalue weighted by Gasteiger charge is -2.26. The minimum Gasteiger partial charge on any atom is -0.478 e. The highest BCUT2D eigenvalue weighted by atomic mass is 16.4. The third kappa shape index (κ3) is 4.08. The Hall–Kier alpha value is -2.04. The van der Waals surface area contributed by atoms with Crippen molar-refractivity contribution in [1.29, 1.82) is 0 Å². The highest BCUT2D eigenvalue weighted by Crippen LogP contribution is 2.12. The molecule has 18 heavy (non-hydrogen) atoms. The molecule has 1 aromatic rings. The van der Waals surface area contributed by atoms with Crippen molar-refractivity contribution < 1.29 is 19.1 Å². The molecule has 1 unspecified atom stereocenters. The molecule has 1 rings (SSSR count). The first-order valence-electron chi connectivity index (χ1n) is 5.78. The number of hydrogen-bond donors (Lipinski definition) is 1. The van der Waals surface area contributed by atoms with Crippen molar-refractivity contribution in [2.24, 2.45) is 0 Å². The van der Waals surface area contributed by atoms with E-state index in [0.717, 1.165) is 18.6 Å².